The van der Waals surface area contributed by atoms with Crippen LogP contribution in [0.3, 0.4) is 0 Å². The minimum absolute atomic E-state index is 0.0366. The molecule has 1 aliphatic carbocycles. The smallest absolute Gasteiger partial charge is 0.341 e. The molecule has 1 aromatic carbocycles. The summed E-state index contributed by atoms with van der Waals surface area (Å²) < 4.78 is 16.9. The quantitative estimate of drug-likeness (QED) is 0.630. The number of likely N-dealkylation sites (N-methyl/N-ethyl adjacent to an activating group) is 2. The fourth-order valence-corrected chi connectivity index (χ4v) is 7.34. The second-order valence-corrected chi connectivity index (χ2v) is 11.9. The number of halogens is 2. The summed E-state index contributed by atoms with van der Waals surface area (Å²) in [6.45, 7) is 6.28. The van der Waals surface area contributed by atoms with Crippen LogP contribution in [0.4, 0.5) is 10.1 Å². The topological polar surface area (TPSA) is 81.0 Å². The maximum atomic E-state index is 15.1. The van der Waals surface area contributed by atoms with E-state index in [-0.39, 0.29) is 22.0 Å². The highest BCUT2D eigenvalue weighted by Gasteiger charge is 2.41. The fraction of sp³-hybridized carbons (Fsp3) is 0.630. The zero-order valence-electron chi connectivity index (χ0n) is 21.4. The van der Waals surface area contributed by atoms with Crippen molar-refractivity contribution in [1.82, 2.24) is 19.7 Å². The molecular formula is C27H35ClFN5O3. The Kier molecular flexibility index (Phi) is 6.46. The molecule has 4 saturated heterocycles. The molecule has 7 rings (SSSR count). The SMILES string of the molecule is CN1CCC2CN(c3c(F)cc4c(=O)c(C(=O)O)cn(C5CC5)c4c3Cl)CC21.CN1CCC2CNCC21. The number of rotatable bonds is 3. The Morgan fingerprint density at radius 1 is 1.05 bits per heavy atom. The molecule has 4 unspecified atom stereocenters. The Morgan fingerprint density at radius 3 is 2.41 bits per heavy atom. The molecule has 5 aliphatic rings. The minimum atomic E-state index is -1.31. The van der Waals surface area contributed by atoms with Crippen LogP contribution in [0.2, 0.25) is 5.02 Å². The number of fused-ring (bicyclic) bond motifs is 3. The van der Waals surface area contributed by atoms with E-state index in [1.165, 1.54) is 38.3 Å². The molecule has 4 aliphatic heterocycles. The van der Waals surface area contributed by atoms with E-state index in [1.807, 2.05) is 4.90 Å². The molecule has 0 radical (unpaired) electrons. The molecule has 5 heterocycles. The van der Waals surface area contributed by atoms with Gasteiger partial charge in [0.15, 0.2) is 0 Å². The lowest BCUT2D eigenvalue weighted by molar-refractivity contribution is 0.0695. The van der Waals surface area contributed by atoms with Gasteiger partial charge in [0, 0.05) is 44.0 Å². The number of likely N-dealkylation sites (tertiary alicyclic amines) is 2. The number of nitrogens with one attached hydrogen (secondary N) is 1. The van der Waals surface area contributed by atoms with Crippen molar-refractivity contribution in [3.05, 3.63) is 38.9 Å². The summed E-state index contributed by atoms with van der Waals surface area (Å²) in [7, 11) is 4.32. The zero-order valence-corrected chi connectivity index (χ0v) is 22.2. The summed E-state index contributed by atoms with van der Waals surface area (Å²) in [4.78, 5) is 30.9. The first-order chi connectivity index (χ1) is 17.7. The number of carboxylic acid groups (broad SMARTS) is 1. The van der Waals surface area contributed by atoms with Crippen molar-refractivity contribution in [3.8, 4) is 0 Å². The first-order valence-electron chi connectivity index (χ1n) is 13.4. The second kappa shape index (κ2) is 9.52. The summed E-state index contributed by atoms with van der Waals surface area (Å²) in [6.07, 6.45) is 5.63. The second-order valence-electron chi connectivity index (χ2n) is 11.5. The van der Waals surface area contributed by atoms with E-state index in [0.717, 1.165) is 44.3 Å². The largest absolute Gasteiger partial charge is 0.477 e. The molecule has 200 valence electrons. The predicted molar refractivity (Wildman–Crippen MR) is 143 cm³/mol. The van der Waals surface area contributed by atoms with Gasteiger partial charge in [0.2, 0.25) is 5.43 Å². The van der Waals surface area contributed by atoms with Crippen LogP contribution in [0.1, 0.15) is 42.1 Å². The third-order valence-corrected chi connectivity index (χ3v) is 9.58. The van der Waals surface area contributed by atoms with Crippen LogP contribution in [0.15, 0.2) is 17.1 Å². The third-order valence-electron chi connectivity index (χ3n) is 9.22. The van der Waals surface area contributed by atoms with Gasteiger partial charge < -0.3 is 29.7 Å². The lowest BCUT2D eigenvalue weighted by atomic mass is 10.1. The fourth-order valence-electron chi connectivity index (χ4n) is 6.93. The number of aromatic nitrogens is 1. The lowest BCUT2D eigenvalue weighted by Gasteiger charge is -2.25. The molecule has 1 saturated carbocycles. The van der Waals surface area contributed by atoms with Gasteiger partial charge in [-0.15, -0.1) is 0 Å². The number of benzene rings is 1. The van der Waals surface area contributed by atoms with E-state index in [9.17, 15) is 14.7 Å². The normalized spacial score (nSPS) is 29.5. The van der Waals surface area contributed by atoms with Crippen molar-refractivity contribution in [2.45, 2.75) is 43.8 Å². The monoisotopic (exact) mass is 531 g/mol. The van der Waals surface area contributed by atoms with Crippen LogP contribution in [0, 0.1) is 17.7 Å². The molecule has 1 aromatic heterocycles. The number of hydrogen-bond donors (Lipinski definition) is 2. The van der Waals surface area contributed by atoms with E-state index in [2.05, 4.69) is 29.2 Å². The Labute approximate surface area is 221 Å². The summed E-state index contributed by atoms with van der Waals surface area (Å²) in [5.74, 6) is -0.425. The van der Waals surface area contributed by atoms with E-state index >= 15 is 4.39 Å². The maximum absolute atomic E-state index is 15.1. The maximum Gasteiger partial charge on any atom is 0.341 e. The van der Waals surface area contributed by atoms with Crippen molar-refractivity contribution in [3.63, 3.8) is 0 Å². The van der Waals surface area contributed by atoms with Crippen LogP contribution in [-0.2, 0) is 0 Å². The highest BCUT2D eigenvalue weighted by Crippen LogP contribution is 2.44. The van der Waals surface area contributed by atoms with Gasteiger partial charge in [-0.3, -0.25) is 4.79 Å². The van der Waals surface area contributed by atoms with E-state index in [4.69, 9.17) is 11.6 Å². The van der Waals surface area contributed by atoms with Crippen molar-refractivity contribution in [1.29, 1.82) is 0 Å². The first-order valence-corrected chi connectivity index (χ1v) is 13.8. The Bertz CT molecular complexity index is 1300. The molecule has 5 fully saturated rings. The molecule has 8 nitrogen and oxygen atoms in total. The van der Waals surface area contributed by atoms with E-state index < -0.39 is 17.2 Å². The number of anilines is 1. The number of hydrogen-bond acceptors (Lipinski definition) is 6. The van der Waals surface area contributed by atoms with Crippen LogP contribution in [-0.4, -0.2) is 90.9 Å². The van der Waals surface area contributed by atoms with E-state index in [0.29, 0.717) is 29.7 Å². The summed E-state index contributed by atoms with van der Waals surface area (Å²) in [6, 6.07) is 2.51. The van der Waals surface area contributed by atoms with Gasteiger partial charge in [-0.1, -0.05) is 11.6 Å². The first kappa shape index (κ1) is 25.1. The van der Waals surface area contributed by atoms with Crippen molar-refractivity contribution >= 4 is 34.2 Å². The van der Waals surface area contributed by atoms with Crippen molar-refractivity contribution in [2.24, 2.45) is 11.8 Å². The number of pyridine rings is 1. The van der Waals surface area contributed by atoms with Gasteiger partial charge in [0.1, 0.15) is 11.4 Å². The molecule has 2 aromatic rings. The zero-order chi connectivity index (χ0) is 26.0. The molecule has 37 heavy (non-hydrogen) atoms. The van der Waals surface area contributed by atoms with Crippen LogP contribution in [0.25, 0.3) is 10.9 Å². The highest BCUT2D eigenvalue weighted by atomic mass is 35.5. The molecule has 0 bridgehead atoms. The van der Waals surface area contributed by atoms with Gasteiger partial charge in [-0.2, -0.15) is 0 Å². The molecule has 0 spiro atoms. The molecule has 10 heteroatoms. The number of aromatic carboxylic acids is 1. The van der Waals surface area contributed by atoms with E-state index in [1.54, 1.807) is 4.57 Å². The molecule has 4 atom stereocenters. The van der Waals surface area contributed by atoms with Gasteiger partial charge in [0.25, 0.3) is 0 Å². The molecule has 2 N–H and O–H groups in total. The van der Waals surface area contributed by atoms with Crippen molar-refractivity contribution in [2.75, 3.05) is 58.3 Å². The molecule has 0 amide bonds. The predicted octanol–water partition coefficient (Wildman–Crippen LogP) is 2.88. The van der Waals surface area contributed by atoms with Crippen LogP contribution >= 0.6 is 11.6 Å². The average molecular weight is 532 g/mol. The Morgan fingerprint density at radius 2 is 1.76 bits per heavy atom. The van der Waals surface area contributed by atoms with Crippen LogP contribution in [0.5, 0.6) is 0 Å². The average Bonchev–Trinajstić information content (AvgIpc) is 3.14. The number of carbonyl (C=O) groups is 1. The van der Waals surface area contributed by atoms with Crippen molar-refractivity contribution < 1.29 is 14.3 Å². The van der Waals surface area contributed by atoms with Gasteiger partial charge in [-0.25, -0.2) is 9.18 Å². The van der Waals surface area contributed by atoms with Crippen LogP contribution < -0.4 is 15.6 Å². The number of carboxylic acids is 1. The molecular weight excluding hydrogens is 497 g/mol. The third kappa shape index (κ3) is 4.33. The van der Waals surface area contributed by atoms with Gasteiger partial charge >= 0.3 is 5.97 Å². The minimum Gasteiger partial charge on any atom is -0.477 e. The Balaban J connectivity index is 0.000000235. The van der Waals surface area contributed by atoms with Gasteiger partial charge in [0.05, 0.1) is 21.6 Å². The van der Waals surface area contributed by atoms with Gasteiger partial charge in [-0.05, 0) is 77.3 Å². The lowest BCUT2D eigenvalue weighted by Crippen LogP contribution is -2.32. The standard InChI is InChI=1S/C20H21ClFN3O3.C7H14N2/c1-23-5-4-10-7-24(9-15(10)23)18-14(22)6-12-17(16(18)21)25(11-2-3-11)8-13(19(12)26)20(27)28;1-9-3-2-6-4-8-5-7(6)9/h6,8,10-11,15H,2-5,7,9H2,1H3,(H,27,28);6-8H,2-5H2,1H3. The number of nitrogens with zero attached hydrogens (tertiary/aromatic N) is 4. The summed E-state index contributed by atoms with van der Waals surface area (Å²) >= 11 is 6.70. The summed E-state index contributed by atoms with van der Waals surface area (Å²) in [5, 5.41) is 13.0. The summed E-state index contributed by atoms with van der Waals surface area (Å²) in [5.41, 5.74) is -0.264. The Hall–Kier alpha value is -2.20. The highest BCUT2D eigenvalue weighted by molar-refractivity contribution is 6.38.